The largest absolute Gasteiger partial charge is 0.482 e. The summed E-state index contributed by atoms with van der Waals surface area (Å²) in [5.41, 5.74) is 6.25. The number of methoxy groups -OCH3 is 1. The van der Waals surface area contributed by atoms with E-state index in [4.69, 9.17) is 10.5 Å². The van der Waals surface area contributed by atoms with Crippen LogP contribution in [0.2, 0.25) is 0 Å². The van der Waals surface area contributed by atoms with Crippen molar-refractivity contribution in [3.8, 4) is 5.88 Å². The van der Waals surface area contributed by atoms with Gasteiger partial charge in [-0.15, -0.1) is 10.2 Å². The third-order valence-electron chi connectivity index (χ3n) is 1.85. The Balaban J connectivity index is 2.76. The lowest BCUT2D eigenvalue weighted by Crippen LogP contribution is -2.04. The molecule has 2 rings (SSSR count). The van der Waals surface area contributed by atoms with Gasteiger partial charge in [0.1, 0.15) is 0 Å². The van der Waals surface area contributed by atoms with Crippen molar-refractivity contribution in [2.24, 2.45) is 5.73 Å². The van der Waals surface area contributed by atoms with Gasteiger partial charge in [0, 0.05) is 0 Å². The van der Waals surface area contributed by atoms with E-state index >= 15 is 0 Å². The van der Waals surface area contributed by atoms with Crippen molar-refractivity contribution >= 4 is 5.65 Å². The number of fused-ring (bicyclic) bond motifs is 1. The molecule has 0 aliphatic carbocycles. The molecule has 0 amide bonds. The molecule has 5 heteroatoms. The molecule has 5 nitrogen and oxygen atoms in total. The van der Waals surface area contributed by atoms with Crippen LogP contribution in [0.1, 0.15) is 5.82 Å². The predicted molar refractivity (Wildman–Crippen MR) is 47.4 cm³/mol. The maximum atomic E-state index is 5.51. The zero-order chi connectivity index (χ0) is 9.26. The van der Waals surface area contributed by atoms with Crippen LogP contribution in [0, 0.1) is 0 Å². The quantitative estimate of drug-likeness (QED) is 0.713. The Hall–Kier alpha value is -1.62. The molecule has 0 atom stereocenters. The van der Waals surface area contributed by atoms with Crippen LogP contribution in [-0.4, -0.2) is 21.7 Å². The van der Waals surface area contributed by atoms with Gasteiger partial charge in [0.05, 0.1) is 13.7 Å². The average molecular weight is 178 g/mol. The summed E-state index contributed by atoms with van der Waals surface area (Å²) in [4.78, 5) is 0. The minimum absolute atomic E-state index is 0.349. The van der Waals surface area contributed by atoms with Gasteiger partial charge < -0.3 is 10.5 Å². The second-order valence-corrected chi connectivity index (χ2v) is 2.58. The molecule has 0 saturated heterocycles. The number of nitrogens with zero attached hydrogens (tertiary/aromatic N) is 3. The SMILES string of the molecule is COc1cccc2nnc(CN)n12. The molecular formula is C8H10N4O. The smallest absolute Gasteiger partial charge is 0.200 e. The first-order valence-electron chi connectivity index (χ1n) is 3.94. The number of ether oxygens (including phenoxy) is 1. The third-order valence-corrected chi connectivity index (χ3v) is 1.85. The molecule has 2 heterocycles. The van der Waals surface area contributed by atoms with Crippen molar-refractivity contribution < 1.29 is 4.74 Å². The van der Waals surface area contributed by atoms with Gasteiger partial charge in [0.25, 0.3) is 0 Å². The molecule has 0 radical (unpaired) electrons. The molecule has 0 aliphatic heterocycles. The fourth-order valence-corrected chi connectivity index (χ4v) is 1.26. The highest BCUT2D eigenvalue weighted by molar-refractivity contribution is 5.41. The molecule has 0 aliphatic rings. The summed E-state index contributed by atoms with van der Waals surface area (Å²) in [6.07, 6.45) is 0. The van der Waals surface area contributed by atoms with Crippen molar-refractivity contribution in [3.05, 3.63) is 24.0 Å². The molecule has 0 aromatic carbocycles. The molecule has 0 unspecified atom stereocenters. The summed E-state index contributed by atoms with van der Waals surface area (Å²) in [5, 5.41) is 7.88. The number of aromatic nitrogens is 3. The topological polar surface area (TPSA) is 65.4 Å². The van der Waals surface area contributed by atoms with Crippen LogP contribution in [0.25, 0.3) is 5.65 Å². The molecule has 2 aromatic rings. The second kappa shape index (κ2) is 3.02. The van der Waals surface area contributed by atoms with E-state index in [0.29, 0.717) is 18.2 Å². The van der Waals surface area contributed by atoms with Gasteiger partial charge in [-0.25, -0.2) is 4.40 Å². The molecule has 0 spiro atoms. The first kappa shape index (κ1) is 8.00. The average Bonchev–Trinajstić information content (AvgIpc) is 2.60. The van der Waals surface area contributed by atoms with Gasteiger partial charge in [-0.2, -0.15) is 0 Å². The Kier molecular flexibility index (Phi) is 1.86. The molecule has 68 valence electrons. The maximum Gasteiger partial charge on any atom is 0.200 e. The molecule has 0 saturated carbocycles. The molecular weight excluding hydrogens is 168 g/mol. The van der Waals surface area contributed by atoms with E-state index < -0.39 is 0 Å². The van der Waals surface area contributed by atoms with E-state index in [1.807, 2.05) is 18.2 Å². The summed E-state index contributed by atoms with van der Waals surface area (Å²) in [5.74, 6) is 1.40. The highest BCUT2D eigenvalue weighted by atomic mass is 16.5. The highest BCUT2D eigenvalue weighted by Gasteiger charge is 2.06. The number of nitrogens with two attached hydrogens (primary N) is 1. The zero-order valence-electron chi connectivity index (χ0n) is 7.27. The van der Waals surface area contributed by atoms with Crippen LogP contribution in [0.4, 0.5) is 0 Å². The van der Waals surface area contributed by atoms with Crippen LogP contribution in [0.3, 0.4) is 0 Å². The Bertz CT molecular complexity index is 423. The van der Waals surface area contributed by atoms with E-state index in [1.54, 1.807) is 11.5 Å². The lowest BCUT2D eigenvalue weighted by molar-refractivity contribution is 0.390. The minimum atomic E-state index is 0.349. The summed E-state index contributed by atoms with van der Waals surface area (Å²) in [6.45, 7) is 0.349. The minimum Gasteiger partial charge on any atom is -0.482 e. The maximum absolute atomic E-state index is 5.51. The van der Waals surface area contributed by atoms with Crippen molar-refractivity contribution in [2.45, 2.75) is 6.54 Å². The van der Waals surface area contributed by atoms with Crippen LogP contribution in [0.5, 0.6) is 5.88 Å². The fourth-order valence-electron chi connectivity index (χ4n) is 1.26. The van der Waals surface area contributed by atoms with Crippen molar-refractivity contribution in [2.75, 3.05) is 7.11 Å². The van der Waals surface area contributed by atoms with Crippen LogP contribution in [-0.2, 0) is 6.54 Å². The Morgan fingerprint density at radius 1 is 1.46 bits per heavy atom. The van der Waals surface area contributed by atoms with E-state index in [0.717, 1.165) is 5.65 Å². The van der Waals surface area contributed by atoms with Crippen LogP contribution < -0.4 is 10.5 Å². The second-order valence-electron chi connectivity index (χ2n) is 2.58. The molecule has 0 bridgehead atoms. The zero-order valence-corrected chi connectivity index (χ0v) is 7.27. The number of hydrogen-bond donors (Lipinski definition) is 1. The van der Waals surface area contributed by atoms with E-state index in [9.17, 15) is 0 Å². The Morgan fingerprint density at radius 3 is 3.00 bits per heavy atom. The van der Waals surface area contributed by atoms with E-state index in [1.165, 1.54) is 0 Å². The summed E-state index contributed by atoms with van der Waals surface area (Å²) in [7, 11) is 1.61. The van der Waals surface area contributed by atoms with E-state index in [2.05, 4.69) is 10.2 Å². The molecule has 13 heavy (non-hydrogen) atoms. The number of rotatable bonds is 2. The first-order valence-corrected chi connectivity index (χ1v) is 3.94. The van der Waals surface area contributed by atoms with E-state index in [-0.39, 0.29) is 0 Å². The summed E-state index contributed by atoms with van der Waals surface area (Å²) < 4.78 is 6.95. The lowest BCUT2D eigenvalue weighted by atomic mass is 10.4. The number of hydrogen-bond acceptors (Lipinski definition) is 4. The van der Waals surface area contributed by atoms with Crippen molar-refractivity contribution in [1.82, 2.24) is 14.6 Å². The fraction of sp³-hybridized carbons (Fsp3) is 0.250. The first-order chi connectivity index (χ1) is 6.36. The van der Waals surface area contributed by atoms with Gasteiger partial charge >= 0.3 is 0 Å². The third kappa shape index (κ3) is 1.13. The van der Waals surface area contributed by atoms with Gasteiger partial charge in [0.15, 0.2) is 11.5 Å². The Morgan fingerprint density at radius 2 is 2.31 bits per heavy atom. The van der Waals surface area contributed by atoms with Crippen LogP contribution in [0.15, 0.2) is 18.2 Å². The summed E-state index contributed by atoms with van der Waals surface area (Å²) >= 11 is 0. The molecule has 0 fully saturated rings. The normalized spacial score (nSPS) is 10.6. The predicted octanol–water partition coefficient (Wildman–Crippen LogP) is 0.197. The van der Waals surface area contributed by atoms with Crippen molar-refractivity contribution in [3.63, 3.8) is 0 Å². The van der Waals surface area contributed by atoms with Gasteiger partial charge in [-0.05, 0) is 12.1 Å². The van der Waals surface area contributed by atoms with Crippen LogP contribution >= 0.6 is 0 Å². The summed E-state index contributed by atoms with van der Waals surface area (Å²) in [6, 6.07) is 5.56. The number of pyridine rings is 1. The molecule has 2 N–H and O–H groups in total. The monoisotopic (exact) mass is 178 g/mol. The Labute approximate surface area is 75.1 Å². The van der Waals surface area contributed by atoms with Gasteiger partial charge in [-0.1, -0.05) is 6.07 Å². The highest BCUT2D eigenvalue weighted by Crippen LogP contribution is 2.14. The lowest BCUT2D eigenvalue weighted by Gasteiger charge is -2.03. The molecule has 2 aromatic heterocycles. The van der Waals surface area contributed by atoms with Gasteiger partial charge in [-0.3, -0.25) is 0 Å². The van der Waals surface area contributed by atoms with Crippen molar-refractivity contribution in [1.29, 1.82) is 0 Å². The van der Waals surface area contributed by atoms with Gasteiger partial charge in [0.2, 0.25) is 5.88 Å². The standard InChI is InChI=1S/C8H10N4O/c1-13-8-4-2-3-6-10-11-7(5-9)12(6)8/h2-4H,5,9H2,1H3.